The highest BCUT2D eigenvalue weighted by Gasteiger charge is 2.64. The number of esters is 2. The van der Waals surface area contributed by atoms with E-state index in [-0.39, 0.29) is 24.0 Å². The van der Waals surface area contributed by atoms with Gasteiger partial charge >= 0.3 is 11.9 Å². The molecule has 2 aromatic carbocycles. The van der Waals surface area contributed by atoms with Crippen LogP contribution in [-0.2, 0) is 14.2 Å². The summed E-state index contributed by atoms with van der Waals surface area (Å²) in [5.74, 6) is -0.532. The van der Waals surface area contributed by atoms with Gasteiger partial charge in [-0.2, -0.15) is 0 Å². The fourth-order valence-corrected chi connectivity index (χ4v) is 5.50. The third kappa shape index (κ3) is 4.80. The van der Waals surface area contributed by atoms with Gasteiger partial charge in [0.1, 0.15) is 11.7 Å². The third-order valence-corrected chi connectivity index (χ3v) is 7.67. The Hall–Kier alpha value is -1.70. The maximum Gasteiger partial charge on any atom is 0.338 e. The van der Waals surface area contributed by atoms with E-state index in [1.54, 1.807) is 24.3 Å². The first-order valence-electron chi connectivity index (χ1n) is 10.8. The van der Waals surface area contributed by atoms with E-state index in [0.717, 1.165) is 28.2 Å². The van der Waals surface area contributed by atoms with Gasteiger partial charge in [0.05, 0.1) is 23.3 Å². The average molecular weight is 566 g/mol. The largest absolute Gasteiger partial charge is 0.462 e. The predicted octanol–water partition coefficient (Wildman–Crippen LogP) is 6.33. The molecule has 2 aliphatic rings. The van der Waals surface area contributed by atoms with Crippen LogP contribution in [0.2, 0.25) is 0 Å². The Bertz CT molecular complexity index is 990. The standard InChI is InChI=1S/C25H26Br2O5/c1-24(13-3-15-30-22(28)16-4-8-18(26)9-5-16)20-12-14-25(2,32-24)21(20)31-23(29)17-6-10-19(27)11-7-17/h4-11,20-21H,3,12-15H2,1-2H3/t20-,21+,24+,25+/m0/s1. The molecule has 2 aromatic rings. The summed E-state index contributed by atoms with van der Waals surface area (Å²) in [5, 5.41) is 0. The molecule has 1 heterocycles. The van der Waals surface area contributed by atoms with Crippen LogP contribution < -0.4 is 0 Å². The van der Waals surface area contributed by atoms with Crippen molar-refractivity contribution < 1.29 is 23.8 Å². The van der Waals surface area contributed by atoms with Crippen LogP contribution in [0.5, 0.6) is 0 Å². The summed E-state index contributed by atoms with van der Waals surface area (Å²) >= 11 is 6.74. The lowest BCUT2D eigenvalue weighted by atomic mass is 9.84. The first-order chi connectivity index (χ1) is 15.2. The summed E-state index contributed by atoms with van der Waals surface area (Å²) in [6, 6.07) is 14.3. The zero-order valence-corrected chi connectivity index (χ0v) is 21.3. The van der Waals surface area contributed by atoms with Gasteiger partial charge in [-0.3, -0.25) is 0 Å². The fraction of sp³-hybridized carbons (Fsp3) is 0.440. The molecular weight excluding hydrogens is 540 g/mol. The van der Waals surface area contributed by atoms with Crippen LogP contribution in [0.15, 0.2) is 57.5 Å². The molecule has 1 saturated heterocycles. The molecule has 4 rings (SSSR count). The molecule has 0 N–H and O–H groups in total. The summed E-state index contributed by atoms with van der Waals surface area (Å²) in [7, 11) is 0. The Morgan fingerprint density at radius 1 is 0.969 bits per heavy atom. The molecule has 7 heteroatoms. The van der Waals surface area contributed by atoms with Gasteiger partial charge in [0.2, 0.25) is 0 Å². The average Bonchev–Trinajstić information content (AvgIpc) is 3.18. The van der Waals surface area contributed by atoms with E-state index in [1.165, 1.54) is 0 Å². The number of carbonyl (C=O) groups excluding carboxylic acids is 2. The highest BCUT2D eigenvalue weighted by molar-refractivity contribution is 9.10. The number of fused-ring (bicyclic) bond motifs is 2. The van der Waals surface area contributed by atoms with E-state index < -0.39 is 11.2 Å². The van der Waals surface area contributed by atoms with Gasteiger partial charge in [0.25, 0.3) is 0 Å². The molecule has 1 saturated carbocycles. The van der Waals surface area contributed by atoms with Crippen molar-refractivity contribution >= 4 is 43.8 Å². The minimum absolute atomic E-state index is 0.120. The third-order valence-electron chi connectivity index (χ3n) is 6.61. The predicted molar refractivity (Wildman–Crippen MR) is 128 cm³/mol. The molecule has 1 aliphatic carbocycles. The maximum absolute atomic E-state index is 12.7. The van der Waals surface area contributed by atoms with Crippen LogP contribution in [0.3, 0.4) is 0 Å². The Morgan fingerprint density at radius 2 is 1.53 bits per heavy atom. The summed E-state index contributed by atoms with van der Waals surface area (Å²) in [6.45, 7) is 4.44. The minimum atomic E-state index is -0.488. The first-order valence-corrected chi connectivity index (χ1v) is 12.4. The van der Waals surface area contributed by atoms with E-state index in [2.05, 4.69) is 38.8 Å². The first kappa shape index (κ1) is 23.5. The number of ether oxygens (including phenoxy) is 3. The monoisotopic (exact) mass is 564 g/mol. The topological polar surface area (TPSA) is 61.8 Å². The molecule has 32 heavy (non-hydrogen) atoms. The quantitative estimate of drug-likeness (QED) is 0.290. The van der Waals surface area contributed by atoms with Crippen LogP contribution in [0.25, 0.3) is 0 Å². The zero-order chi connectivity index (χ0) is 22.9. The second-order valence-corrected chi connectivity index (χ2v) is 10.8. The highest BCUT2D eigenvalue weighted by atomic mass is 79.9. The zero-order valence-electron chi connectivity index (χ0n) is 18.1. The summed E-state index contributed by atoms with van der Waals surface area (Å²) in [6.07, 6.45) is 2.94. The van der Waals surface area contributed by atoms with Crippen molar-refractivity contribution in [2.75, 3.05) is 6.61 Å². The summed E-state index contributed by atoms with van der Waals surface area (Å²) in [5.41, 5.74) is 0.160. The SMILES string of the molecule is C[C@@]12CC[C@@H]([C@H]1OC(=O)c1ccc(Br)cc1)[C@@](C)(CCCOC(=O)c1ccc(Br)cc1)O2. The number of hydrogen-bond donors (Lipinski definition) is 0. The van der Waals surface area contributed by atoms with E-state index in [9.17, 15) is 9.59 Å². The highest BCUT2D eigenvalue weighted by Crippen LogP contribution is 2.56. The smallest absolute Gasteiger partial charge is 0.338 e. The Kier molecular flexibility index (Phi) is 6.80. The van der Waals surface area contributed by atoms with Gasteiger partial charge in [-0.25, -0.2) is 9.59 Å². The van der Waals surface area contributed by atoms with Gasteiger partial charge in [0, 0.05) is 14.9 Å². The van der Waals surface area contributed by atoms with Crippen molar-refractivity contribution in [3.63, 3.8) is 0 Å². The Labute approximate surface area is 205 Å². The van der Waals surface area contributed by atoms with Gasteiger partial charge in [-0.1, -0.05) is 31.9 Å². The molecule has 0 spiro atoms. The van der Waals surface area contributed by atoms with E-state index in [0.29, 0.717) is 24.2 Å². The molecule has 0 radical (unpaired) electrons. The second kappa shape index (κ2) is 9.27. The second-order valence-electron chi connectivity index (χ2n) is 8.95. The molecule has 0 aromatic heterocycles. The van der Waals surface area contributed by atoms with Gasteiger partial charge < -0.3 is 14.2 Å². The normalized spacial score (nSPS) is 28.5. The molecule has 5 nitrogen and oxygen atoms in total. The van der Waals surface area contributed by atoms with Gasteiger partial charge in [-0.05, 0) is 88.1 Å². The van der Waals surface area contributed by atoms with Crippen LogP contribution in [0.1, 0.15) is 60.2 Å². The molecule has 2 fully saturated rings. The lowest BCUT2D eigenvalue weighted by Gasteiger charge is -2.36. The van der Waals surface area contributed by atoms with Crippen molar-refractivity contribution in [3.8, 4) is 0 Å². The van der Waals surface area contributed by atoms with Crippen LogP contribution >= 0.6 is 31.9 Å². The maximum atomic E-state index is 12.7. The van der Waals surface area contributed by atoms with Crippen LogP contribution in [0.4, 0.5) is 0 Å². The molecular formula is C25H26Br2O5. The number of hydrogen-bond acceptors (Lipinski definition) is 5. The van der Waals surface area contributed by atoms with E-state index >= 15 is 0 Å². The van der Waals surface area contributed by atoms with Gasteiger partial charge in [-0.15, -0.1) is 0 Å². The summed E-state index contributed by atoms with van der Waals surface area (Å²) < 4.78 is 19.7. The van der Waals surface area contributed by atoms with Crippen LogP contribution in [-0.4, -0.2) is 35.9 Å². The number of carbonyl (C=O) groups is 2. The lowest BCUT2D eigenvalue weighted by molar-refractivity contribution is -0.135. The molecule has 4 atom stereocenters. The van der Waals surface area contributed by atoms with Crippen molar-refractivity contribution in [2.45, 2.75) is 56.8 Å². The lowest BCUT2D eigenvalue weighted by Crippen LogP contribution is -2.38. The number of benzene rings is 2. The molecule has 0 unspecified atom stereocenters. The van der Waals surface area contributed by atoms with Crippen molar-refractivity contribution in [1.29, 1.82) is 0 Å². The molecule has 0 amide bonds. The van der Waals surface area contributed by atoms with Gasteiger partial charge in [0.15, 0.2) is 0 Å². The Balaban J connectivity index is 1.33. The van der Waals surface area contributed by atoms with E-state index in [4.69, 9.17) is 14.2 Å². The Morgan fingerprint density at radius 3 is 2.12 bits per heavy atom. The van der Waals surface area contributed by atoms with Crippen molar-refractivity contribution in [3.05, 3.63) is 68.6 Å². The molecule has 170 valence electrons. The number of halogens is 2. The van der Waals surface area contributed by atoms with Crippen LogP contribution in [0, 0.1) is 5.92 Å². The summed E-state index contributed by atoms with van der Waals surface area (Å²) in [4.78, 5) is 24.9. The molecule has 2 bridgehead atoms. The van der Waals surface area contributed by atoms with E-state index in [1.807, 2.05) is 31.2 Å². The molecule has 1 aliphatic heterocycles. The fourth-order valence-electron chi connectivity index (χ4n) is 4.97. The number of rotatable bonds is 7. The van der Waals surface area contributed by atoms with Crippen molar-refractivity contribution in [1.82, 2.24) is 0 Å². The van der Waals surface area contributed by atoms with Crippen molar-refractivity contribution in [2.24, 2.45) is 5.92 Å². The minimum Gasteiger partial charge on any atom is -0.462 e.